The van der Waals surface area contributed by atoms with Crippen LogP contribution in [0.25, 0.3) is 11.5 Å². The molecule has 0 spiro atoms. The first-order chi connectivity index (χ1) is 11.1. The maximum absolute atomic E-state index is 12.0. The lowest BCUT2D eigenvalue weighted by Gasteiger charge is -2.22. The molecule has 0 radical (unpaired) electrons. The molecule has 0 aliphatic heterocycles. The number of thioether (sulfide) groups is 1. The van der Waals surface area contributed by atoms with E-state index in [4.69, 9.17) is 4.42 Å². The molecule has 3 rings (SSSR count). The summed E-state index contributed by atoms with van der Waals surface area (Å²) < 4.78 is 5.53. The molecule has 1 amide bonds. The van der Waals surface area contributed by atoms with E-state index in [-0.39, 0.29) is 17.6 Å². The van der Waals surface area contributed by atoms with Crippen LogP contribution in [0.3, 0.4) is 0 Å². The van der Waals surface area contributed by atoms with Gasteiger partial charge in [0.2, 0.25) is 11.8 Å². The SMILES string of the molecule is CC(C#N)(NC(=O)CSc1nnc(-c2ccccc2)o1)C1CC1. The molecule has 7 heteroatoms. The Labute approximate surface area is 138 Å². The molecule has 1 unspecified atom stereocenters. The number of nitrogens with zero attached hydrogens (tertiary/aromatic N) is 3. The summed E-state index contributed by atoms with van der Waals surface area (Å²) in [7, 11) is 0. The molecule has 1 aliphatic carbocycles. The Bertz CT molecular complexity index is 736. The molecular weight excluding hydrogens is 312 g/mol. The fourth-order valence-corrected chi connectivity index (χ4v) is 2.86. The number of amides is 1. The smallest absolute Gasteiger partial charge is 0.277 e. The van der Waals surface area contributed by atoms with Gasteiger partial charge in [0, 0.05) is 5.56 Å². The van der Waals surface area contributed by atoms with Crippen molar-refractivity contribution < 1.29 is 9.21 Å². The minimum atomic E-state index is -0.776. The van der Waals surface area contributed by atoms with Crippen molar-refractivity contribution in [2.45, 2.75) is 30.5 Å². The van der Waals surface area contributed by atoms with Crippen molar-refractivity contribution in [1.82, 2.24) is 15.5 Å². The summed E-state index contributed by atoms with van der Waals surface area (Å²) in [5.74, 6) is 0.619. The van der Waals surface area contributed by atoms with Gasteiger partial charge in [0.15, 0.2) is 0 Å². The van der Waals surface area contributed by atoms with Gasteiger partial charge in [-0.25, -0.2) is 0 Å². The van der Waals surface area contributed by atoms with E-state index < -0.39 is 5.54 Å². The molecule has 1 aromatic heterocycles. The third kappa shape index (κ3) is 3.71. The van der Waals surface area contributed by atoms with E-state index in [0.717, 1.165) is 18.4 Å². The van der Waals surface area contributed by atoms with Crippen molar-refractivity contribution in [3.05, 3.63) is 30.3 Å². The minimum absolute atomic E-state index is 0.139. The van der Waals surface area contributed by atoms with Gasteiger partial charge >= 0.3 is 0 Å². The van der Waals surface area contributed by atoms with Crippen LogP contribution >= 0.6 is 11.8 Å². The molecule has 2 aromatic rings. The fraction of sp³-hybridized carbons (Fsp3) is 0.375. The van der Waals surface area contributed by atoms with Gasteiger partial charge in [0.1, 0.15) is 5.54 Å². The van der Waals surface area contributed by atoms with Gasteiger partial charge in [-0.05, 0) is 37.8 Å². The maximum atomic E-state index is 12.0. The van der Waals surface area contributed by atoms with E-state index in [2.05, 4.69) is 21.6 Å². The van der Waals surface area contributed by atoms with Crippen molar-refractivity contribution >= 4 is 17.7 Å². The number of carbonyl (C=O) groups excluding carboxylic acids is 1. The van der Waals surface area contributed by atoms with Crippen LogP contribution in [0.15, 0.2) is 40.0 Å². The molecule has 1 aromatic carbocycles. The van der Waals surface area contributed by atoms with E-state index >= 15 is 0 Å². The first-order valence-corrected chi connectivity index (χ1v) is 8.33. The first-order valence-electron chi connectivity index (χ1n) is 7.35. The van der Waals surface area contributed by atoms with Crippen molar-refractivity contribution in [2.75, 3.05) is 5.75 Å². The van der Waals surface area contributed by atoms with Gasteiger partial charge in [0.05, 0.1) is 11.8 Å². The molecule has 0 bridgehead atoms. The van der Waals surface area contributed by atoms with E-state index in [1.54, 1.807) is 6.92 Å². The summed E-state index contributed by atoms with van der Waals surface area (Å²) >= 11 is 1.17. The van der Waals surface area contributed by atoms with Crippen LogP contribution in [-0.2, 0) is 4.79 Å². The summed E-state index contributed by atoms with van der Waals surface area (Å²) in [6.07, 6.45) is 1.98. The standard InChI is InChI=1S/C16H16N4O2S/c1-16(10-17,12-7-8-12)18-13(21)9-23-15-20-19-14(22-15)11-5-3-2-4-6-11/h2-6,12H,7-9H2,1H3,(H,18,21). The lowest BCUT2D eigenvalue weighted by molar-refractivity contribution is -0.119. The lowest BCUT2D eigenvalue weighted by Crippen LogP contribution is -2.47. The second kappa shape index (κ2) is 6.42. The maximum Gasteiger partial charge on any atom is 0.277 e. The van der Waals surface area contributed by atoms with Gasteiger partial charge in [-0.1, -0.05) is 30.0 Å². The quantitative estimate of drug-likeness (QED) is 0.820. The Hall–Kier alpha value is -2.33. The highest BCUT2D eigenvalue weighted by atomic mass is 32.2. The van der Waals surface area contributed by atoms with Gasteiger partial charge in [0.25, 0.3) is 5.22 Å². The number of hydrogen-bond donors (Lipinski definition) is 1. The molecule has 0 saturated heterocycles. The van der Waals surface area contributed by atoms with Crippen molar-refractivity contribution in [3.63, 3.8) is 0 Å². The summed E-state index contributed by atoms with van der Waals surface area (Å²) in [4.78, 5) is 12.0. The Morgan fingerprint density at radius 2 is 2.17 bits per heavy atom. The second-order valence-electron chi connectivity index (χ2n) is 5.66. The number of carbonyl (C=O) groups is 1. The number of rotatable bonds is 6. The summed E-state index contributed by atoms with van der Waals surface area (Å²) in [5, 5.41) is 20.3. The summed E-state index contributed by atoms with van der Waals surface area (Å²) in [6.45, 7) is 1.77. The van der Waals surface area contributed by atoms with Crippen LogP contribution in [-0.4, -0.2) is 27.4 Å². The van der Waals surface area contributed by atoms with Crippen LogP contribution in [0.2, 0.25) is 0 Å². The Morgan fingerprint density at radius 3 is 2.83 bits per heavy atom. The van der Waals surface area contributed by atoms with E-state index in [1.165, 1.54) is 11.8 Å². The van der Waals surface area contributed by atoms with Crippen molar-refractivity contribution in [2.24, 2.45) is 5.92 Å². The molecule has 1 atom stereocenters. The Morgan fingerprint density at radius 1 is 1.43 bits per heavy atom. The van der Waals surface area contributed by atoms with Gasteiger partial charge in [-0.3, -0.25) is 4.79 Å². The normalized spacial score (nSPS) is 16.3. The van der Waals surface area contributed by atoms with Gasteiger partial charge < -0.3 is 9.73 Å². The van der Waals surface area contributed by atoms with Crippen molar-refractivity contribution in [1.29, 1.82) is 5.26 Å². The van der Waals surface area contributed by atoms with Crippen LogP contribution in [0, 0.1) is 17.2 Å². The zero-order valence-electron chi connectivity index (χ0n) is 12.7. The van der Waals surface area contributed by atoms with Gasteiger partial charge in [-0.2, -0.15) is 5.26 Å². The third-order valence-electron chi connectivity index (χ3n) is 3.78. The third-order valence-corrected chi connectivity index (χ3v) is 4.60. The Balaban J connectivity index is 1.56. The highest BCUT2D eigenvalue weighted by Crippen LogP contribution is 2.39. The van der Waals surface area contributed by atoms with Crippen LogP contribution < -0.4 is 5.32 Å². The van der Waals surface area contributed by atoms with Crippen molar-refractivity contribution in [3.8, 4) is 17.5 Å². The lowest BCUT2D eigenvalue weighted by atomic mass is 9.98. The second-order valence-corrected chi connectivity index (χ2v) is 6.59. The number of nitrogens with one attached hydrogen (secondary N) is 1. The molecule has 1 heterocycles. The molecule has 1 fully saturated rings. The minimum Gasteiger partial charge on any atom is -0.411 e. The average molecular weight is 328 g/mol. The van der Waals surface area contributed by atoms with Crippen LogP contribution in [0.1, 0.15) is 19.8 Å². The molecule has 23 heavy (non-hydrogen) atoms. The monoisotopic (exact) mass is 328 g/mol. The van der Waals surface area contributed by atoms with E-state index in [9.17, 15) is 10.1 Å². The predicted octanol–water partition coefficient (Wildman–Crippen LogP) is 2.64. The van der Waals surface area contributed by atoms with Crippen LogP contribution in [0.4, 0.5) is 0 Å². The predicted molar refractivity (Wildman–Crippen MR) is 85.3 cm³/mol. The molecule has 1 aliphatic rings. The highest BCUT2D eigenvalue weighted by molar-refractivity contribution is 7.99. The zero-order valence-corrected chi connectivity index (χ0v) is 13.5. The zero-order chi connectivity index (χ0) is 16.3. The van der Waals surface area contributed by atoms with E-state index in [1.807, 2.05) is 30.3 Å². The summed E-state index contributed by atoms with van der Waals surface area (Å²) in [6, 6.07) is 11.6. The molecular formula is C16H16N4O2S. The number of benzene rings is 1. The first kappa shape index (κ1) is 15.6. The highest BCUT2D eigenvalue weighted by Gasteiger charge is 2.42. The number of hydrogen-bond acceptors (Lipinski definition) is 6. The average Bonchev–Trinajstić information content (AvgIpc) is 3.33. The molecule has 118 valence electrons. The topological polar surface area (TPSA) is 91.8 Å². The van der Waals surface area contributed by atoms with E-state index in [0.29, 0.717) is 11.1 Å². The summed E-state index contributed by atoms with van der Waals surface area (Å²) in [5.41, 5.74) is 0.0592. The largest absolute Gasteiger partial charge is 0.411 e. The Kier molecular flexibility index (Phi) is 4.35. The number of nitriles is 1. The molecule has 1 N–H and O–H groups in total. The molecule has 1 saturated carbocycles. The van der Waals surface area contributed by atoms with Crippen LogP contribution in [0.5, 0.6) is 0 Å². The fourth-order valence-electron chi connectivity index (χ4n) is 2.30. The molecule has 6 nitrogen and oxygen atoms in total. The number of aromatic nitrogens is 2. The van der Waals surface area contributed by atoms with Gasteiger partial charge in [-0.15, -0.1) is 10.2 Å².